The van der Waals surface area contributed by atoms with Crippen molar-refractivity contribution in [2.24, 2.45) is 0 Å². The Morgan fingerprint density at radius 3 is 2.30 bits per heavy atom. The minimum absolute atomic E-state index is 0.130. The molecule has 27 heavy (non-hydrogen) atoms. The van der Waals surface area contributed by atoms with Gasteiger partial charge in [0.2, 0.25) is 0 Å². The third kappa shape index (κ3) is 5.60. The molecule has 0 atom stereocenters. The van der Waals surface area contributed by atoms with Gasteiger partial charge in [0.25, 0.3) is 0 Å². The molecule has 4 heteroatoms. The van der Waals surface area contributed by atoms with Crippen LogP contribution in [0.15, 0.2) is 53.4 Å². The fourth-order valence-electron chi connectivity index (χ4n) is 3.55. The highest BCUT2D eigenvalue weighted by atomic mass is 32.2. The highest BCUT2D eigenvalue weighted by molar-refractivity contribution is 8.00. The van der Waals surface area contributed by atoms with Crippen molar-refractivity contribution < 1.29 is 4.79 Å². The summed E-state index contributed by atoms with van der Waals surface area (Å²) in [4.78, 5) is 17.5. The van der Waals surface area contributed by atoms with Crippen LogP contribution in [-0.4, -0.2) is 42.1 Å². The van der Waals surface area contributed by atoms with Crippen LogP contribution in [-0.2, 0) is 17.8 Å². The Hall–Kier alpha value is -1.78. The SMILES string of the molecule is CC(C)(C)Sc1cccc(N2CCN(Cc3ccccc3)CC2)c1CC=O. The van der Waals surface area contributed by atoms with E-state index >= 15 is 0 Å². The van der Waals surface area contributed by atoms with Crippen molar-refractivity contribution in [3.05, 3.63) is 59.7 Å². The van der Waals surface area contributed by atoms with E-state index in [1.807, 2.05) is 11.8 Å². The number of carbonyl (C=O) groups excluding carboxylic acids is 1. The Kier molecular flexibility index (Phi) is 6.61. The van der Waals surface area contributed by atoms with E-state index in [4.69, 9.17) is 0 Å². The van der Waals surface area contributed by atoms with Gasteiger partial charge >= 0.3 is 0 Å². The molecule has 0 bridgehead atoms. The van der Waals surface area contributed by atoms with E-state index < -0.39 is 0 Å². The lowest BCUT2D eigenvalue weighted by atomic mass is 10.1. The molecule has 1 fully saturated rings. The molecule has 0 unspecified atom stereocenters. The molecule has 0 spiro atoms. The minimum Gasteiger partial charge on any atom is -0.369 e. The van der Waals surface area contributed by atoms with Gasteiger partial charge in [0.15, 0.2) is 0 Å². The van der Waals surface area contributed by atoms with E-state index in [9.17, 15) is 4.79 Å². The summed E-state index contributed by atoms with van der Waals surface area (Å²) in [6, 6.07) is 17.1. The molecule has 3 rings (SSSR count). The number of thioether (sulfide) groups is 1. The summed E-state index contributed by atoms with van der Waals surface area (Å²) in [5, 5.41) is 0. The topological polar surface area (TPSA) is 23.6 Å². The van der Waals surface area contributed by atoms with E-state index in [2.05, 4.69) is 79.1 Å². The molecular formula is C23H30N2OS. The van der Waals surface area contributed by atoms with E-state index in [1.54, 1.807) is 0 Å². The molecule has 0 aromatic heterocycles. The first kappa shape index (κ1) is 20.0. The van der Waals surface area contributed by atoms with Gasteiger partial charge in [0.1, 0.15) is 6.29 Å². The van der Waals surface area contributed by atoms with Crippen molar-refractivity contribution in [1.29, 1.82) is 0 Å². The fourth-order valence-corrected chi connectivity index (χ4v) is 4.67. The molecule has 1 saturated heterocycles. The first-order valence-electron chi connectivity index (χ1n) is 9.72. The van der Waals surface area contributed by atoms with Gasteiger partial charge in [-0.15, -0.1) is 11.8 Å². The molecule has 144 valence electrons. The van der Waals surface area contributed by atoms with Crippen LogP contribution < -0.4 is 4.90 Å². The van der Waals surface area contributed by atoms with Crippen LogP contribution in [0.25, 0.3) is 0 Å². The van der Waals surface area contributed by atoms with Crippen molar-refractivity contribution >= 4 is 23.7 Å². The van der Waals surface area contributed by atoms with Crippen LogP contribution in [0.2, 0.25) is 0 Å². The Morgan fingerprint density at radius 1 is 0.963 bits per heavy atom. The second-order valence-corrected chi connectivity index (χ2v) is 9.96. The molecule has 1 heterocycles. The third-order valence-electron chi connectivity index (χ3n) is 4.77. The average molecular weight is 383 g/mol. The zero-order valence-corrected chi connectivity index (χ0v) is 17.5. The Bertz CT molecular complexity index is 747. The van der Waals surface area contributed by atoms with Gasteiger partial charge in [-0.2, -0.15) is 0 Å². The molecule has 2 aromatic carbocycles. The first-order chi connectivity index (χ1) is 13.0. The van der Waals surface area contributed by atoms with Crippen LogP contribution in [0.4, 0.5) is 5.69 Å². The molecule has 1 aliphatic rings. The number of benzene rings is 2. The number of rotatable bonds is 6. The minimum atomic E-state index is 0.130. The van der Waals surface area contributed by atoms with Gasteiger partial charge in [-0.05, 0) is 23.3 Å². The van der Waals surface area contributed by atoms with Crippen molar-refractivity contribution in [3.63, 3.8) is 0 Å². The molecule has 0 N–H and O–H groups in total. The summed E-state index contributed by atoms with van der Waals surface area (Å²) in [5.74, 6) is 0. The van der Waals surface area contributed by atoms with Crippen molar-refractivity contribution in [3.8, 4) is 0 Å². The van der Waals surface area contributed by atoms with Crippen LogP contribution in [0.1, 0.15) is 31.9 Å². The molecule has 1 aliphatic heterocycles. The molecule has 2 aromatic rings. The Balaban J connectivity index is 1.71. The largest absolute Gasteiger partial charge is 0.369 e. The van der Waals surface area contributed by atoms with Gasteiger partial charge in [-0.25, -0.2) is 0 Å². The van der Waals surface area contributed by atoms with Crippen LogP contribution in [0, 0.1) is 0 Å². The predicted octanol–water partition coefficient (Wildman–Crippen LogP) is 4.64. The Morgan fingerprint density at radius 2 is 1.67 bits per heavy atom. The van der Waals surface area contributed by atoms with E-state index in [0.717, 1.165) is 39.0 Å². The lowest BCUT2D eigenvalue weighted by Gasteiger charge is -2.37. The van der Waals surface area contributed by atoms with Gasteiger partial charge < -0.3 is 9.69 Å². The second-order valence-electron chi connectivity index (χ2n) is 8.09. The smallest absolute Gasteiger partial charge is 0.124 e. The summed E-state index contributed by atoms with van der Waals surface area (Å²) in [6.45, 7) is 11.8. The molecular weight excluding hydrogens is 352 g/mol. The standard InChI is InChI=1S/C23H30N2OS/c1-23(2,3)27-22-11-7-10-21(20(22)12-17-26)25-15-13-24(14-16-25)18-19-8-5-4-6-9-19/h4-11,17H,12-16,18H2,1-3H3. The zero-order chi connectivity index (χ0) is 19.3. The molecule has 0 amide bonds. The highest BCUT2D eigenvalue weighted by Gasteiger charge is 2.22. The first-order valence-corrected chi connectivity index (χ1v) is 10.5. The normalized spacial score (nSPS) is 15.7. The Labute approximate surface area is 167 Å². The maximum Gasteiger partial charge on any atom is 0.124 e. The number of anilines is 1. The molecule has 0 aliphatic carbocycles. The predicted molar refractivity (Wildman–Crippen MR) is 116 cm³/mol. The van der Waals surface area contributed by atoms with Crippen molar-refractivity contribution in [2.45, 2.75) is 43.4 Å². The second kappa shape index (κ2) is 8.94. The zero-order valence-electron chi connectivity index (χ0n) is 16.6. The van der Waals surface area contributed by atoms with Gasteiger partial charge in [0.05, 0.1) is 0 Å². The summed E-state index contributed by atoms with van der Waals surface area (Å²) >= 11 is 1.85. The lowest BCUT2D eigenvalue weighted by molar-refractivity contribution is -0.107. The number of nitrogens with zero attached hydrogens (tertiary/aromatic N) is 2. The number of carbonyl (C=O) groups is 1. The number of hydrogen-bond acceptors (Lipinski definition) is 4. The summed E-state index contributed by atoms with van der Waals surface area (Å²) in [5.41, 5.74) is 3.79. The van der Waals surface area contributed by atoms with Gasteiger partial charge in [0, 0.05) is 54.5 Å². The van der Waals surface area contributed by atoms with Gasteiger partial charge in [-0.3, -0.25) is 4.90 Å². The maximum atomic E-state index is 11.3. The van der Waals surface area contributed by atoms with E-state index in [-0.39, 0.29) is 4.75 Å². The average Bonchev–Trinajstić information content (AvgIpc) is 2.64. The molecule has 3 nitrogen and oxygen atoms in total. The monoisotopic (exact) mass is 382 g/mol. The number of hydrogen-bond donors (Lipinski definition) is 0. The summed E-state index contributed by atoms with van der Waals surface area (Å²) in [6.07, 6.45) is 1.52. The summed E-state index contributed by atoms with van der Waals surface area (Å²) in [7, 11) is 0. The van der Waals surface area contributed by atoms with Crippen LogP contribution >= 0.6 is 11.8 Å². The number of piperazine rings is 1. The van der Waals surface area contributed by atoms with Crippen LogP contribution in [0.5, 0.6) is 0 Å². The number of aldehydes is 1. The third-order valence-corrected chi connectivity index (χ3v) is 5.99. The van der Waals surface area contributed by atoms with E-state index in [0.29, 0.717) is 6.42 Å². The van der Waals surface area contributed by atoms with Gasteiger partial charge in [-0.1, -0.05) is 57.2 Å². The quantitative estimate of drug-likeness (QED) is 0.536. The van der Waals surface area contributed by atoms with E-state index in [1.165, 1.54) is 21.7 Å². The van der Waals surface area contributed by atoms with Crippen molar-refractivity contribution in [1.82, 2.24) is 4.90 Å². The maximum absolute atomic E-state index is 11.3. The lowest BCUT2D eigenvalue weighted by Crippen LogP contribution is -2.46. The highest BCUT2D eigenvalue weighted by Crippen LogP contribution is 2.38. The van der Waals surface area contributed by atoms with Crippen LogP contribution in [0.3, 0.4) is 0 Å². The molecule has 0 radical (unpaired) electrons. The molecule has 0 saturated carbocycles. The van der Waals surface area contributed by atoms with Crippen molar-refractivity contribution in [2.75, 3.05) is 31.1 Å². The summed E-state index contributed by atoms with van der Waals surface area (Å²) < 4.78 is 0.130. The fraction of sp³-hybridized carbons (Fsp3) is 0.435.